The van der Waals surface area contributed by atoms with Crippen molar-refractivity contribution in [2.24, 2.45) is 5.92 Å². The molecule has 11 aromatic rings. The second kappa shape index (κ2) is 50.6. The molecular weight excluding hydrogens is 1600 g/mol. The van der Waals surface area contributed by atoms with E-state index < -0.39 is 63.3 Å². The summed E-state index contributed by atoms with van der Waals surface area (Å²) in [5.41, 5.74) is 16.2. The number of H-pyrrole nitrogens is 2. The number of rotatable bonds is 13. The SMILES string of the molecule is C.CC.CC.CC.CC.CC(=O)Cl.CC(=O)Nc1cccc2c1C(=O)C(C(=O)c1ccccc1)C2=O.CC(=O)Nc1cccc2c1C(=O)c1c(-c3ccccc3)n[nH]c1-2.CC(=O)c1ccccc1.COC(=O)c1cccc(NC(C)=O)c1C(=O)OC.COC(=O)c1cccc([N+](=O)[O-])c1C(=O)OC.Nc1cccc2c1C(=O)c1c(-c3ccccc3)n[nH]c1-2. The predicted molar refractivity (Wildman–Crippen MR) is 472 cm³/mol. The number of hydrogen-bond donors (Lipinski definition) is 6. The minimum Gasteiger partial charge on any atom is -0.465 e. The lowest BCUT2D eigenvalue weighted by Crippen LogP contribution is -2.25. The number of carbonyl (C=O) groups excluding carboxylic acids is 14. The van der Waals surface area contributed by atoms with E-state index in [0.29, 0.717) is 56.3 Å². The van der Waals surface area contributed by atoms with Gasteiger partial charge in [-0.1, -0.05) is 233 Å². The summed E-state index contributed by atoms with van der Waals surface area (Å²) < 4.78 is 18.0. The quantitative estimate of drug-likeness (QED) is 0.00912. The van der Waals surface area contributed by atoms with Crippen molar-refractivity contribution >= 4 is 122 Å². The zero-order chi connectivity index (χ0) is 91.2. The van der Waals surface area contributed by atoms with Crippen LogP contribution in [0.4, 0.5) is 28.4 Å². The fourth-order valence-corrected chi connectivity index (χ4v) is 11.9. The molecule has 3 aliphatic carbocycles. The number of nitrogens with one attached hydrogen (secondary N) is 5. The third-order valence-corrected chi connectivity index (χ3v) is 16.7. The fourth-order valence-electron chi connectivity index (χ4n) is 11.9. The van der Waals surface area contributed by atoms with Crippen LogP contribution >= 0.6 is 11.6 Å². The van der Waals surface area contributed by atoms with Crippen molar-refractivity contribution < 1.29 is 91.0 Å². The van der Waals surface area contributed by atoms with Crippen LogP contribution in [0.5, 0.6) is 0 Å². The molecule has 7 N–H and O–H groups in total. The second-order valence-corrected chi connectivity index (χ2v) is 24.8. The van der Waals surface area contributed by atoms with E-state index in [1.807, 2.05) is 171 Å². The number of nitrogen functional groups attached to an aromatic ring is 1. The van der Waals surface area contributed by atoms with Crippen LogP contribution in [0.2, 0.25) is 0 Å². The van der Waals surface area contributed by atoms with Crippen molar-refractivity contribution in [3.05, 3.63) is 289 Å². The van der Waals surface area contributed by atoms with Crippen LogP contribution in [0.1, 0.15) is 212 Å². The molecule has 3 aliphatic rings. The average molecular weight is 1700 g/mol. The maximum atomic E-state index is 12.9. The minimum absolute atomic E-state index is 0. The number of ketones is 6. The van der Waals surface area contributed by atoms with Gasteiger partial charge in [0.25, 0.3) is 5.69 Å². The molecule has 9 aromatic carbocycles. The lowest BCUT2D eigenvalue weighted by molar-refractivity contribution is -0.385. The molecule has 0 spiro atoms. The Kier molecular flexibility index (Phi) is 42.0. The average Bonchev–Trinajstić information content (AvgIpc) is 1.59. The van der Waals surface area contributed by atoms with Gasteiger partial charge in [-0.15, -0.1) is 0 Å². The van der Waals surface area contributed by atoms with Crippen LogP contribution in [0.15, 0.2) is 212 Å². The van der Waals surface area contributed by atoms with Gasteiger partial charge >= 0.3 is 23.9 Å². The molecule has 2 aromatic heterocycles. The molecule has 1 atom stereocenters. The highest BCUT2D eigenvalue weighted by molar-refractivity contribution is 6.62. The standard InChI is InChI=1S/C18H13N3O2.C18H13NO4.C16H11N3O.C12H13NO5.C10H9NO6.C8H8O.C2H3ClO.4C2H6.CH4/c1-10(22)19-13-9-5-8-12-14(13)18(23)15-16(20-21-17(12)15)11-6-3-2-4-7-11;1-10(20)19-13-9-5-8-12-14(13)18(23)15(17(12)22)16(21)11-6-3-2-4-7-11;17-11-8-4-7-10-12(11)16(20)13-14(18-19-15(10)13)9-5-2-1-3-6-9;1-7(14)13-9-6-4-5-8(11(15)17-2)10(9)12(16)18-3;1-16-9(12)6-4-3-5-7(11(14)15)8(6)10(13)17-2;1-7(9)8-5-3-2-4-6-8;1-2(3)4;4*1-2;/h2-9H,1H3,(H,19,22)(H,20,21);2-9,15H,1H3,(H,19,20);1-8H,17H2,(H,18,19);4-6H,1-3H3,(H,13,14);3-5H,1-2H3;2-6H,1H3;1H3;4*1-2H3;1H4. The van der Waals surface area contributed by atoms with Gasteiger partial charge in [-0.3, -0.25) is 68.3 Å². The van der Waals surface area contributed by atoms with Crippen LogP contribution < -0.4 is 21.7 Å². The van der Waals surface area contributed by atoms with Crippen LogP contribution in [0.3, 0.4) is 0 Å². The molecule has 0 radical (unpaired) electrons. The number of halogens is 1. The maximum absolute atomic E-state index is 12.9. The zero-order valence-corrected chi connectivity index (χ0v) is 71.0. The Hall–Kier alpha value is -15.1. The third kappa shape index (κ3) is 25.9. The van der Waals surface area contributed by atoms with Gasteiger partial charge in [0.05, 0.1) is 106 Å². The van der Waals surface area contributed by atoms with Gasteiger partial charge in [-0.2, -0.15) is 10.2 Å². The van der Waals surface area contributed by atoms with Crippen LogP contribution in [0.25, 0.3) is 45.0 Å². The number of aromatic nitrogens is 4. The first-order chi connectivity index (χ1) is 58.5. The first-order valence-electron chi connectivity index (χ1n) is 38.0. The van der Waals surface area contributed by atoms with Gasteiger partial charge < -0.3 is 40.6 Å². The Balaban J connectivity index is 0.000000376. The van der Waals surface area contributed by atoms with Gasteiger partial charge in [-0.05, 0) is 54.9 Å². The van der Waals surface area contributed by atoms with E-state index in [1.54, 1.807) is 61.5 Å². The van der Waals surface area contributed by atoms with E-state index in [0.717, 1.165) is 53.8 Å². The van der Waals surface area contributed by atoms with Gasteiger partial charge in [-0.25, -0.2) is 19.2 Å². The molecule has 123 heavy (non-hydrogen) atoms. The Morgan fingerprint density at radius 3 is 1.15 bits per heavy atom. The Morgan fingerprint density at radius 2 is 0.748 bits per heavy atom. The highest BCUT2D eigenvalue weighted by atomic mass is 35.5. The molecule has 642 valence electrons. The van der Waals surface area contributed by atoms with Gasteiger partial charge in [0.1, 0.15) is 17.3 Å². The number of nitro groups is 1. The van der Waals surface area contributed by atoms with Gasteiger partial charge in [0.15, 0.2) is 40.3 Å². The van der Waals surface area contributed by atoms with Crippen molar-refractivity contribution in [3.63, 3.8) is 0 Å². The van der Waals surface area contributed by atoms with Crippen LogP contribution in [-0.4, -0.2) is 135 Å². The molecule has 29 nitrogen and oxygen atoms in total. The Labute approximate surface area is 717 Å². The first-order valence-corrected chi connectivity index (χ1v) is 38.4. The van der Waals surface area contributed by atoms with E-state index in [2.05, 4.69) is 66.9 Å². The number of nitrogens with zero attached hydrogens (tertiary/aromatic N) is 3. The summed E-state index contributed by atoms with van der Waals surface area (Å²) in [6, 6.07) is 60.3. The number of anilines is 4. The normalized spacial score (nSPS) is 11.0. The minimum atomic E-state index is -1.37. The molecular formula is C93H98ClN9O20. The molecule has 3 amide bonds. The molecule has 2 heterocycles. The first kappa shape index (κ1) is 102. The van der Waals surface area contributed by atoms with E-state index in [9.17, 15) is 77.2 Å². The van der Waals surface area contributed by atoms with E-state index in [-0.39, 0.29) is 86.9 Å². The molecule has 0 bridgehead atoms. The molecule has 1 unspecified atom stereocenters. The third-order valence-electron chi connectivity index (χ3n) is 16.7. The van der Waals surface area contributed by atoms with Crippen molar-refractivity contribution in [3.8, 4) is 45.0 Å². The smallest absolute Gasteiger partial charge is 0.345 e. The molecule has 0 fully saturated rings. The van der Waals surface area contributed by atoms with Gasteiger partial charge in [0.2, 0.25) is 23.0 Å². The number of nitrogens with two attached hydrogens (primary N) is 1. The highest BCUT2D eigenvalue weighted by Crippen LogP contribution is 2.44. The summed E-state index contributed by atoms with van der Waals surface area (Å²) in [6.07, 6.45) is 0. The maximum Gasteiger partial charge on any atom is 0.345 e. The number of esters is 4. The van der Waals surface area contributed by atoms with Crippen molar-refractivity contribution in [1.82, 2.24) is 20.4 Å². The number of fused-ring (bicyclic) bond motifs is 7. The fraction of sp³-hybridized carbons (Fsp3) is 0.204. The topological polar surface area (TPSA) is 439 Å². The summed E-state index contributed by atoms with van der Waals surface area (Å²) in [4.78, 5) is 173. The van der Waals surface area contributed by atoms with E-state index >= 15 is 0 Å². The number of methoxy groups -OCH3 is 4. The number of aromatic amines is 2. The van der Waals surface area contributed by atoms with Crippen molar-refractivity contribution in [1.29, 1.82) is 0 Å². The predicted octanol–water partition coefficient (Wildman–Crippen LogP) is 18.4. The molecule has 0 aliphatic heterocycles. The van der Waals surface area contributed by atoms with E-state index in [4.69, 9.17) is 5.73 Å². The van der Waals surface area contributed by atoms with Crippen LogP contribution in [-0.2, 0) is 38.1 Å². The number of Topliss-reactive ketones (excluding diaryl/α,β-unsaturated/α-hetero) is 4. The Morgan fingerprint density at radius 1 is 0.407 bits per heavy atom. The van der Waals surface area contributed by atoms with Crippen molar-refractivity contribution in [2.75, 3.05) is 50.1 Å². The highest BCUT2D eigenvalue weighted by Gasteiger charge is 2.45. The lowest BCUT2D eigenvalue weighted by Gasteiger charge is -2.11. The second-order valence-electron chi connectivity index (χ2n) is 24.2. The number of carbonyl (C=O) groups is 14. The number of ether oxygens (including phenoxy) is 4. The lowest BCUT2D eigenvalue weighted by atomic mass is 9.93. The number of benzene rings is 9. The number of amides is 3. The molecule has 14 rings (SSSR count). The number of nitro benzene ring substituents is 1. The summed E-state index contributed by atoms with van der Waals surface area (Å²) in [5, 5.41) is 32.7. The largest absolute Gasteiger partial charge is 0.465 e. The van der Waals surface area contributed by atoms with E-state index in [1.165, 1.54) is 78.3 Å². The monoisotopic (exact) mass is 1700 g/mol. The number of hydrogen-bond acceptors (Lipinski definition) is 23. The van der Waals surface area contributed by atoms with Gasteiger partial charge in [0, 0.05) is 78.4 Å². The Bertz CT molecular complexity index is 5610. The summed E-state index contributed by atoms with van der Waals surface area (Å²) in [7, 11) is 4.57. The molecule has 0 saturated carbocycles. The van der Waals surface area contributed by atoms with Crippen molar-refractivity contribution in [2.45, 2.75) is 97.4 Å². The van der Waals surface area contributed by atoms with Crippen LogP contribution in [0, 0.1) is 16.0 Å². The molecule has 0 saturated heterocycles. The molecule has 30 heteroatoms. The zero-order valence-electron chi connectivity index (χ0n) is 70.2. The summed E-state index contributed by atoms with van der Waals surface area (Å²) in [5.74, 6) is -7.15. The summed E-state index contributed by atoms with van der Waals surface area (Å²) >= 11 is 4.64. The summed E-state index contributed by atoms with van der Waals surface area (Å²) in [6.45, 7) is 22.9.